The molecule has 0 saturated carbocycles. The normalized spacial score (nSPS) is 19.9. The van der Waals surface area contributed by atoms with Gasteiger partial charge in [-0.15, -0.1) is 0 Å². The second-order valence-corrected chi connectivity index (χ2v) is 5.42. The Hall–Kier alpha value is -1.72. The SMILES string of the molecule is N[C@@H](C[C@@H]1CCCNC1=O)C(=O)COCc1ccccc1. The van der Waals surface area contributed by atoms with Crippen LogP contribution in [0.3, 0.4) is 0 Å². The second kappa shape index (κ2) is 7.90. The summed E-state index contributed by atoms with van der Waals surface area (Å²) in [6.07, 6.45) is 2.15. The number of Topliss-reactive ketones (excluding diaryl/α,β-unsaturated/α-hetero) is 1. The van der Waals surface area contributed by atoms with Gasteiger partial charge in [-0.05, 0) is 24.8 Å². The third-order valence-electron chi connectivity index (χ3n) is 3.71. The molecule has 3 N–H and O–H groups in total. The largest absolute Gasteiger partial charge is 0.369 e. The highest BCUT2D eigenvalue weighted by atomic mass is 16.5. The Balaban J connectivity index is 1.71. The Morgan fingerprint density at radius 1 is 1.38 bits per heavy atom. The maximum absolute atomic E-state index is 11.9. The maximum atomic E-state index is 11.9. The lowest BCUT2D eigenvalue weighted by atomic mass is 9.90. The van der Waals surface area contributed by atoms with E-state index in [9.17, 15) is 9.59 Å². The monoisotopic (exact) mass is 290 g/mol. The first-order chi connectivity index (χ1) is 10.2. The first-order valence-electron chi connectivity index (χ1n) is 7.34. The Labute approximate surface area is 124 Å². The minimum atomic E-state index is -0.630. The molecule has 5 nitrogen and oxygen atoms in total. The molecule has 1 fully saturated rings. The molecule has 0 aromatic heterocycles. The van der Waals surface area contributed by atoms with Crippen LogP contribution in [0.1, 0.15) is 24.8 Å². The van der Waals surface area contributed by atoms with E-state index in [1.165, 1.54) is 0 Å². The number of amides is 1. The van der Waals surface area contributed by atoms with Gasteiger partial charge in [0, 0.05) is 12.5 Å². The van der Waals surface area contributed by atoms with E-state index in [0.29, 0.717) is 13.0 Å². The molecule has 0 aliphatic carbocycles. The maximum Gasteiger partial charge on any atom is 0.223 e. The highest BCUT2D eigenvalue weighted by Crippen LogP contribution is 2.17. The van der Waals surface area contributed by atoms with Gasteiger partial charge in [-0.3, -0.25) is 9.59 Å². The number of ether oxygens (including phenoxy) is 1. The summed E-state index contributed by atoms with van der Waals surface area (Å²) in [7, 11) is 0. The average molecular weight is 290 g/mol. The van der Waals surface area contributed by atoms with Crippen LogP contribution in [0.4, 0.5) is 0 Å². The van der Waals surface area contributed by atoms with Crippen molar-refractivity contribution in [3.63, 3.8) is 0 Å². The summed E-state index contributed by atoms with van der Waals surface area (Å²) in [6, 6.07) is 9.03. The van der Waals surface area contributed by atoms with Gasteiger partial charge in [-0.1, -0.05) is 30.3 Å². The molecule has 114 valence electrons. The summed E-state index contributed by atoms with van der Waals surface area (Å²) >= 11 is 0. The Kier molecular flexibility index (Phi) is 5.90. The van der Waals surface area contributed by atoms with Crippen LogP contribution in [0.2, 0.25) is 0 Å². The van der Waals surface area contributed by atoms with Crippen LogP contribution in [0, 0.1) is 5.92 Å². The zero-order chi connectivity index (χ0) is 15.1. The minimum Gasteiger partial charge on any atom is -0.369 e. The molecule has 1 aromatic carbocycles. The summed E-state index contributed by atoms with van der Waals surface area (Å²) in [5, 5.41) is 2.80. The molecule has 0 radical (unpaired) electrons. The number of ketones is 1. The van der Waals surface area contributed by atoms with E-state index in [4.69, 9.17) is 10.5 Å². The van der Waals surface area contributed by atoms with Gasteiger partial charge in [0.2, 0.25) is 5.91 Å². The number of nitrogens with one attached hydrogen (secondary N) is 1. The zero-order valence-electron chi connectivity index (χ0n) is 12.1. The number of benzene rings is 1. The molecule has 1 heterocycles. The van der Waals surface area contributed by atoms with Gasteiger partial charge >= 0.3 is 0 Å². The van der Waals surface area contributed by atoms with Crippen molar-refractivity contribution in [2.24, 2.45) is 11.7 Å². The van der Waals surface area contributed by atoms with E-state index in [0.717, 1.165) is 24.9 Å². The molecule has 1 aromatic rings. The summed E-state index contributed by atoms with van der Waals surface area (Å²) in [4.78, 5) is 23.6. The molecule has 0 unspecified atom stereocenters. The lowest BCUT2D eigenvalue weighted by molar-refractivity contribution is -0.128. The van der Waals surface area contributed by atoms with E-state index in [1.54, 1.807) is 0 Å². The Morgan fingerprint density at radius 3 is 2.86 bits per heavy atom. The highest BCUT2D eigenvalue weighted by Gasteiger charge is 2.26. The third kappa shape index (κ3) is 4.95. The molecule has 21 heavy (non-hydrogen) atoms. The number of carbonyl (C=O) groups is 2. The minimum absolute atomic E-state index is 0.00899. The van der Waals surface area contributed by atoms with Crippen molar-refractivity contribution in [2.45, 2.75) is 31.9 Å². The van der Waals surface area contributed by atoms with E-state index in [-0.39, 0.29) is 24.2 Å². The highest BCUT2D eigenvalue weighted by molar-refractivity contribution is 5.86. The molecule has 2 rings (SSSR count). The summed E-state index contributed by atoms with van der Waals surface area (Å²) in [6.45, 7) is 1.10. The molecule has 2 atom stereocenters. The van der Waals surface area contributed by atoms with Crippen molar-refractivity contribution in [3.8, 4) is 0 Å². The van der Waals surface area contributed by atoms with Crippen LogP contribution in [-0.4, -0.2) is 30.9 Å². The lowest BCUT2D eigenvalue weighted by Gasteiger charge is -2.23. The molecule has 1 aliphatic rings. The van der Waals surface area contributed by atoms with Gasteiger partial charge in [0.15, 0.2) is 5.78 Å². The smallest absolute Gasteiger partial charge is 0.223 e. The fourth-order valence-corrected chi connectivity index (χ4v) is 2.45. The van der Waals surface area contributed by atoms with E-state index < -0.39 is 6.04 Å². The summed E-state index contributed by atoms with van der Waals surface area (Å²) < 4.78 is 5.39. The first kappa shape index (κ1) is 15.7. The third-order valence-corrected chi connectivity index (χ3v) is 3.71. The van der Waals surface area contributed by atoms with Gasteiger partial charge < -0.3 is 15.8 Å². The number of hydrogen-bond acceptors (Lipinski definition) is 4. The van der Waals surface area contributed by atoms with Gasteiger partial charge in [-0.25, -0.2) is 0 Å². The molecular formula is C16H22N2O3. The molecule has 5 heteroatoms. The fourth-order valence-electron chi connectivity index (χ4n) is 2.45. The van der Waals surface area contributed by atoms with Crippen LogP contribution in [0.5, 0.6) is 0 Å². The Morgan fingerprint density at radius 2 is 2.14 bits per heavy atom. The van der Waals surface area contributed by atoms with Crippen molar-refractivity contribution in [1.82, 2.24) is 5.32 Å². The van der Waals surface area contributed by atoms with Gasteiger partial charge in [0.05, 0.1) is 12.6 Å². The zero-order valence-corrected chi connectivity index (χ0v) is 12.1. The second-order valence-electron chi connectivity index (χ2n) is 5.42. The summed E-state index contributed by atoms with van der Waals surface area (Å²) in [5.41, 5.74) is 6.90. The van der Waals surface area contributed by atoms with Crippen LogP contribution in [0.15, 0.2) is 30.3 Å². The fraction of sp³-hybridized carbons (Fsp3) is 0.500. The Bertz CT molecular complexity index is 476. The first-order valence-corrected chi connectivity index (χ1v) is 7.34. The number of rotatable bonds is 7. The van der Waals surface area contributed by atoms with Crippen molar-refractivity contribution < 1.29 is 14.3 Å². The summed E-state index contributed by atoms with van der Waals surface area (Å²) in [5.74, 6) is -0.286. The predicted octanol–water partition coefficient (Wildman–Crippen LogP) is 1.02. The number of carbonyl (C=O) groups excluding carboxylic acids is 2. The standard InChI is InChI=1S/C16H22N2O3/c17-14(9-13-7-4-8-18-16(13)20)15(19)11-21-10-12-5-2-1-3-6-12/h1-3,5-6,13-14H,4,7-11,17H2,(H,18,20)/t13-,14-/m0/s1. The van der Waals surface area contributed by atoms with E-state index >= 15 is 0 Å². The molecule has 1 amide bonds. The van der Waals surface area contributed by atoms with Crippen molar-refractivity contribution in [1.29, 1.82) is 0 Å². The number of piperidine rings is 1. The molecule has 0 bridgehead atoms. The van der Waals surface area contributed by atoms with E-state index in [1.807, 2.05) is 30.3 Å². The quantitative estimate of drug-likeness (QED) is 0.785. The van der Waals surface area contributed by atoms with Crippen LogP contribution in [-0.2, 0) is 20.9 Å². The van der Waals surface area contributed by atoms with Crippen molar-refractivity contribution in [3.05, 3.63) is 35.9 Å². The van der Waals surface area contributed by atoms with Crippen LogP contribution in [0.25, 0.3) is 0 Å². The predicted molar refractivity (Wildman–Crippen MR) is 79.4 cm³/mol. The number of hydrogen-bond donors (Lipinski definition) is 2. The molecule has 1 saturated heterocycles. The lowest BCUT2D eigenvalue weighted by Crippen LogP contribution is -2.42. The van der Waals surface area contributed by atoms with Gasteiger partial charge in [0.1, 0.15) is 6.61 Å². The van der Waals surface area contributed by atoms with E-state index in [2.05, 4.69) is 5.32 Å². The number of nitrogens with two attached hydrogens (primary N) is 1. The topological polar surface area (TPSA) is 81.4 Å². The van der Waals surface area contributed by atoms with Gasteiger partial charge in [0.25, 0.3) is 0 Å². The van der Waals surface area contributed by atoms with Gasteiger partial charge in [-0.2, -0.15) is 0 Å². The molecular weight excluding hydrogens is 268 g/mol. The van der Waals surface area contributed by atoms with Crippen molar-refractivity contribution >= 4 is 11.7 Å². The molecule has 0 spiro atoms. The van der Waals surface area contributed by atoms with Crippen LogP contribution >= 0.6 is 0 Å². The molecule has 1 aliphatic heterocycles. The van der Waals surface area contributed by atoms with Crippen molar-refractivity contribution in [2.75, 3.05) is 13.2 Å². The average Bonchev–Trinajstić information content (AvgIpc) is 2.50. The van der Waals surface area contributed by atoms with Crippen LogP contribution < -0.4 is 11.1 Å².